The quantitative estimate of drug-likeness (QED) is 0.865. The van der Waals surface area contributed by atoms with E-state index < -0.39 is 0 Å². The Balaban J connectivity index is 2.10. The Morgan fingerprint density at radius 1 is 1.28 bits per heavy atom. The normalized spacial score (nSPS) is 21.3. The molecule has 0 aromatic heterocycles. The van der Waals surface area contributed by atoms with Crippen LogP contribution in [0.5, 0.6) is 0 Å². The SMILES string of the molecule is CC1CCN(c2cccc(N(C)C)c2)CCCN1. The minimum absolute atomic E-state index is 0.629. The van der Waals surface area contributed by atoms with Gasteiger partial charge >= 0.3 is 0 Å². The highest BCUT2D eigenvalue weighted by Gasteiger charge is 2.12. The molecule has 1 N–H and O–H groups in total. The first kappa shape index (κ1) is 13.2. The van der Waals surface area contributed by atoms with Gasteiger partial charge in [-0.3, -0.25) is 0 Å². The summed E-state index contributed by atoms with van der Waals surface area (Å²) >= 11 is 0. The van der Waals surface area contributed by atoms with E-state index in [-0.39, 0.29) is 0 Å². The van der Waals surface area contributed by atoms with Crippen molar-refractivity contribution in [3.8, 4) is 0 Å². The second kappa shape index (κ2) is 6.10. The highest BCUT2D eigenvalue weighted by atomic mass is 15.1. The summed E-state index contributed by atoms with van der Waals surface area (Å²) < 4.78 is 0. The lowest BCUT2D eigenvalue weighted by Gasteiger charge is -2.30. The fraction of sp³-hybridized carbons (Fsp3) is 0.600. The van der Waals surface area contributed by atoms with Crippen LogP contribution >= 0.6 is 0 Å². The molecule has 1 aromatic carbocycles. The van der Waals surface area contributed by atoms with Crippen molar-refractivity contribution < 1.29 is 0 Å². The van der Waals surface area contributed by atoms with Crippen molar-refractivity contribution in [1.82, 2.24) is 5.32 Å². The van der Waals surface area contributed by atoms with E-state index in [4.69, 9.17) is 0 Å². The van der Waals surface area contributed by atoms with E-state index in [0.29, 0.717) is 6.04 Å². The van der Waals surface area contributed by atoms with Gasteiger partial charge in [0.15, 0.2) is 0 Å². The molecule has 3 nitrogen and oxygen atoms in total. The van der Waals surface area contributed by atoms with Gasteiger partial charge in [0.2, 0.25) is 0 Å². The summed E-state index contributed by atoms with van der Waals surface area (Å²) in [6, 6.07) is 9.47. The maximum Gasteiger partial charge on any atom is 0.0386 e. The molecule has 3 heteroatoms. The fourth-order valence-electron chi connectivity index (χ4n) is 2.41. The van der Waals surface area contributed by atoms with E-state index in [9.17, 15) is 0 Å². The molecular weight excluding hydrogens is 222 g/mol. The molecule has 1 unspecified atom stereocenters. The van der Waals surface area contributed by atoms with Gasteiger partial charge in [0, 0.05) is 44.6 Å². The monoisotopic (exact) mass is 247 g/mol. The van der Waals surface area contributed by atoms with Crippen LogP contribution in [0.1, 0.15) is 19.8 Å². The van der Waals surface area contributed by atoms with Crippen molar-refractivity contribution in [3.63, 3.8) is 0 Å². The van der Waals surface area contributed by atoms with Crippen LogP contribution in [-0.4, -0.2) is 39.8 Å². The van der Waals surface area contributed by atoms with Crippen molar-refractivity contribution in [3.05, 3.63) is 24.3 Å². The second-order valence-corrected chi connectivity index (χ2v) is 5.40. The summed E-state index contributed by atoms with van der Waals surface area (Å²) in [5.74, 6) is 0. The number of hydrogen-bond acceptors (Lipinski definition) is 3. The van der Waals surface area contributed by atoms with Gasteiger partial charge in [0.05, 0.1) is 0 Å². The summed E-state index contributed by atoms with van der Waals surface area (Å²) in [6.45, 7) is 5.70. The minimum Gasteiger partial charge on any atom is -0.378 e. The first-order valence-electron chi connectivity index (χ1n) is 6.92. The fourth-order valence-corrected chi connectivity index (χ4v) is 2.41. The predicted octanol–water partition coefficient (Wildman–Crippen LogP) is 2.33. The topological polar surface area (TPSA) is 18.5 Å². The number of hydrogen-bond donors (Lipinski definition) is 1. The predicted molar refractivity (Wildman–Crippen MR) is 79.7 cm³/mol. The Morgan fingerprint density at radius 3 is 2.89 bits per heavy atom. The van der Waals surface area contributed by atoms with Gasteiger partial charge < -0.3 is 15.1 Å². The van der Waals surface area contributed by atoms with Gasteiger partial charge in [-0.05, 0) is 44.5 Å². The molecule has 0 amide bonds. The first-order valence-corrected chi connectivity index (χ1v) is 6.92. The smallest absolute Gasteiger partial charge is 0.0386 e. The Hall–Kier alpha value is -1.22. The number of anilines is 2. The molecule has 0 saturated carbocycles. The second-order valence-electron chi connectivity index (χ2n) is 5.40. The molecule has 1 aliphatic heterocycles. The van der Waals surface area contributed by atoms with Crippen LogP contribution in [0.4, 0.5) is 11.4 Å². The molecule has 1 aliphatic rings. The van der Waals surface area contributed by atoms with Crippen LogP contribution in [0, 0.1) is 0 Å². The molecule has 1 atom stereocenters. The van der Waals surface area contributed by atoms with Crippen molar-refractivity contribution in [1.29, 1.82) is 0 Å². The van der Waals surface area contributed by atoms with E-state index in [1.807, 2.05) is 0 Å². The summed E-state index contributed by atoms with van der Waals surface area (Å²) in [5.41, 5.74) is 2.64. The van der Waals surface area contributed by atoms with Crippen LogP contribution in [-0.2, 0) is 0 Å². The van der Waals surface area contributed by atoms with Crippen molar-refractivity contribution in [2.45, 2.75) is 25.8 Å². The molecule has 1 aromatic rings. The Morgan fingerprint density at radius 2 is 2.11 bits per heavy atom. The van der Waals surface area contributed by atoms with Crippen LogP contribution in [0.2, 0.25) is 0 Å². The molecule has 0 spiro atoms. The number of rotatable bonds is 2. The number of nitrogens with one attached hydrogen (secondary N) is 1. The first-order chi connectivity index (χ1) is 8.66. The lowest BCUT2D eigenvalue weighted by Crippen LogP contribution is -2.38. The van der Waals surface area contributed by atoms with E-state index in [1.54, 1.807) is 0 Å². The largest absolute Gasteiger partial charge is 0.378 e. The molecule has 100 valence electrons. The summed E-state index contributed by atoms with van der Waals surface area (Å²) in [5, 5.41) is 3.55. The average molecular weight is 247 g/mol. The van der Waals surface area contributed by atoms with Gasteiger partial charge in [-0.2, -0.15) is 0 Å². The molecular formula is C15H25N3. The minimum atomic E-state index is 0.629. The highest BCUT2D eigenvalue weighted by molar-refractivity contribution is 5.58. The maximum atomic E-state index is 3.55. The standard InChI is InChI=1S/C15H25N3/c1-13-8-11-18(10-5-9-16-13)15-7-4-6-14(12-15)17(2)3/h4,6-7,12-13,16H,5,8-11H2,1-3H3. The molecule has 2 rings (SSSR count). The van der Waals surface area contributed by atoms with Crippen LogP contribution in [0.3, 0.4) is 0 Å². The van der Waals surface area contributed by atoms with Crippen molar-refractivity contribution in [2.75, 3.05) is 43.5 Å². The molecule has 1 saturated heterocycles. The molecule has 18 heavy (non-hydrogen) atoms. The van der Waals surface area contributed by atoms with E-state index in [0.717, 1.165) is 19.6 Å². The van der Waals surface area contributed by atoms with Crippen LogP contribution in [0.25, 0.3) is 0 Å². The molecule has 0 aliphatic carbocycles. The lowest BCUT2D eigenvalue weighted by molar-refractivity contribution is 0.475. The number of benzene rings is 1. The van der Waals surface area contributed by atoms with Crippen molar-refractivity contribution in [2.24, 2.45) is 0 Å². The van der Waals surface area contributed by atoms with Gasteiger partial charge in [-0.25, -0.2) is 0 Å². The zero-order valence-corrected chi connectivity index (χ0v) is 11.8. The highest BCUT2D eigenvalue weighted by Crippen LogP contribution is 2.22. The lowest BCUT2D eigenvalue weighted by atomic mass is 10.1. The number of nitrogens with zero attached hydrogens (tertiary/aromatic N) is 2. The van der Waals surface area contributed by atoms with Crippen LogP contribution in [0.15, 0.2) is 24.3 Å². The maximum absolute atomic E-state index is 3.55. The zero-order chi connectivity index (χ0) is 13.0. The third-order valence-corrected chi connectivity index (χ3v) is 3.64. The van der Waals surface area contributed by atoms with Gasteiger partial charge in [-0.15, -0.1) is 0 Å². The van der Waals surface area contributed by atoms with Crippen LogP contribution < -0.4 is 15.1 Å². The van der Waals surface area contributed by atoms with E-state index >= 15 is 0 Å². The van der Waals surface area contributed by atoms with E-state index in [2.05, 4.69) is 60.4 Å². The van der Waals surface area contributed by atoms with E-state index in [1.165, 1.54) is 24.2 Å². The average Bonchev–Trinajstić information content (AvgIpc) is 2.34. The molecule has 0 radical (unpaired) electrons. The summed E-state index contributed by atoms with van der Waals surface area (Å²) in [6.07, 6.45) is 2.43. The Bertz CT molecular complexity index is 376. The third kappa shape index (κ3) is 3.39. The van der Waals surface area contributed by atoms with Gasteiger partial charge in [0.1, 0.15) is 0 Å². The molecule has 1 fully saturated rings. The van der Waals surface area contributed by atoms with Gasteiger partial charge in [-0.1, -0.05) is 6.07 Å². The van der Waals surface area contributed by atoms with Crippen molar-refractivity contribution >= 4 is 11.4 Å². The third-order valence-electron chi connectivity index (χ3n) is 3.64. The van der Waals surface area contributed by atoms with Gasteiger partial charge in [0.25, 0.3) is 0 Å². The Kier molecular flexibility index (Phi) is 4.48. The Labute approximate surface area is 111 Å². The summed E-state index contributed by atoms with van der Waals surface area (Å²) in [7, 11) is 4.19. The summed E-state index contributed by atoms with van der Waals surface area (Å²) in [4.78, 5) is 4.68. The molecule has 1 heterocycles. The molecule has 0 bridgehead atoms. The zero-order valence-electron chi connectivity index (χ0n) is 11.8.